The van der Waals surface area contributed by atoms with Crippen LogP contribution in [0.1, 0.15) is 48.0 Å². The summed E-state index contributed by atoms with van der Waals surface area (Å²) in [6.07, 6.45) is 0.743. The van der Waals surface area contributed by atoms with E-state index in [1.165, 1.54) is 0 Å². The smallest absolute Gasteiger partial charge is 0.0310 e. The monoisotopic (exact) mass is 247 g/mol. The third-order valence-corrected chi connectivity index (χ3v) is 4.33. The molecule has 0 aromatic carbocycles. The van der Waals surface area contributed by atoms with E-state index in [1.54, 1.807) is 0 Å². The summed E-state index contributed by atoms with van der Waals surface area (Å²) in [5, 5.41) is 0. The second-order valence-electron chi connectivity index (χ2n) is 6.37. The predicted molar refractivity (Wildman–Crippen MR) is 75.7 cm³/mol. The van der Waals surface area contributed by atoms with Gasteiger partial charge in [0.15, 0.2) is 0 Å². The van der Waals surface area contributed by atoms with Gasteiger partial charge in [0.25, 0.3) is 0 Å². The molecule has 0 bridgehead atoms. The number of thiol groups is 1. The van der Waals surface area contributed by atoms with Gasteiger partial charge in [-0.3, -0.25) is 0 Å². The Kier molecular flexibility index (Phi) is 4.91. The lowest BCUT2D eigenvalue weighted by atomic mass is 9.70. The molecule has 4 atom stereocenters. The fraction of sp³-hybridized carbons (Fsp3) is 1.00. The van der Waals surface area contributed by atoms with Crippen LogP contribution in [0.25, 0.3) is 0 Å². The van der Waals surface area contributed by atoms with E-state index in [2.05, 4.69) is 6.92 Å². The van der Waals surface area contributed by atoms with Crippen LogP contribution in [0.15, 0.2) is 0 Å². The number of hydrogen-bond donors (Lipinski definition) is 4. The van der Waals surface area contributed by atoms with Crippen LogP contribution >= 0.6 is 12.6 Å². The van der Waals surface area contributed by atoms with Gasteiger partial charge in [-0.05, 0) is 47.0 Å². The van der Waals surface area contributed by atoms with Gasteiger partial charge in [-0.15, -0.1) is 0 Å². The van der Waals surface area contributed by atoms with Gasteiger partial charge in [0.2, 0.25) is 0 Å². The average Bonchev–Trinajstić information content (AvgIpc) is 1.97. The lowest BCUT2D eigenvalue weighted by Gasteiger charge is -2.48. The maximum absolute atomic E-state index is 6.43. The molecule has 0 radical (unpaired) electrons. The average molecular weight is 247 g/mol. The van der Waals surface area contributed by atoms with Gasteiger partial charge in [0.1, 0.15) is 0 Å². The third-order valence-electron chi connectivity index (χ3n) is 3.69. The normalized spacial score (nSPS) is 24.4. The Morgan fingerprint density at radius 2 is 1.44 bits per heavy atom. The minimum absolute atomic E-state index is 0.0439. The highest BCUT2D eigenvalue weighted by Crippen LogP contribution is 2.39. The summed E-state index contributed by atoms with van der Waals surface area (Å²) in [6.45, 7) is 12.1. The first-order valence-electron chi connectivity index (χ1n) is 5.87. The third kappa shape index (κ3) is 3.91. The van der Waals surface area contributed by atoms with Crippen molar-refractivity contribution in [3.63, 3.8) is 0 Å². The van der Waals surface area contributed by atoms with Crippen LogP contribution in [0.3, 0.4) is 0 Å². The molecular weight excluding hydrogens is 218 g/mol. The molecule has 0 amide bonds. The standard InChI is InChI=1S/C12H29N3S/c1-8(9(2)13)12(6,15)11(5,16)7-10(3,4)14/h8-9,16H,7,13-15H2,1-6H3. The fourth-order valence-electron chi connectivity index (χ4n) is 2.11. The largest absolute Gasteiger partial charge is 0.328 e. The topological polar surface area (TPSA) is 78.1 Å². The van der Waals surface area contributed by atoms with E-state index >= 15 is 0 Å². The second-order valence-corrected chi connectivity index (χ2v) is 7.36. The number of nitrogens with two attached hydrogens (primary N) is 3. The van der Waals surface area contributed by atoms with Crippen molar-refractivity contribution in [3.8, 4) is 0 Å². The molecule has 0 aromatic heterocycles. The van der Waals surface area contributed by atoms with Crippen molar-refractivity contribution in [2.75, 3.05) is 0 Å². The first kappa shape index (κ1) is 16.2. The molecule has 6 N–H and O–H groups in total. The highest BCUT2D eigenvalue weighted by atomic mass is 32.1. The molecule has 0 saturated carbocycles. The molecule has 0 spiro atoms. The Hall–Kier alpha value is 0.230. The summed E-state index contributed by atoms with van der Waals surface area (Å²) in [4.78, 5) is 0. The van der Waals surface area contributed by atoms with Crippen LogP contribution < -0.4 is 17.2 Å². The molecular formula is C12H29N3S. The maximum atomic E-state index is 6.43. The van der Waals surface area contributed by atoms with Crippen molar-refractivity contribution in [2.45, 2.75) is 69.8 Å². The van der Waals surface area contributed by atoms with Gasteiger partial charge in [-0.25, -0.2) is 0 Å². The quantitative estimate of drug-likeness (QED) is 0.556. The van der Waals surface area contributed by atoms with E-state index in [1.807, 2.05) is 34.6 Å². The minimum Gasteiger partial charge on any atom is -0.328 e. The molecule has 0 fully saturated rings. The van der Waals surface area contributed by atoms with Crippen LogP contribution in [0, 0.1) is 5.92 Å². The molecule has 16 heavy (non-hydrogen) atoms. The molecule has 0 aliphatic rings. The van der Waals surface area contributed by atoms with E-state index in [0.29, 0.717) is 0 Å². The molecule has 0 aromatic rings. The molecule has 0 saturated heterocycles. The van der Waals surface area contributed by atoms with Gasteiger partial charge in [-0.2, -0.15) is 12.6 Å². The Morgan fingerprint density at radius 3 is 1.69 bits per heavy atom. The molecule has 0 aliphatic carbocycles. The van der Waals surface area contributed by atoms with Gasteiger partial charge in [0, 0.05) is 21.9 Å². The summed E-state index contributed by atoms with van der Waals surface area (Å²) < 4.78 is -0.349. The lowest BCUT2D eigenvalue weighted by Crippen LogP contribution is -2.63. The zero-order chi connectivity index (χ0) is 13.4. The Morgan fingerprint density at radius 1 is 1.06 bits per heavy atom. The summed E-state index contributed by atoms with van der Waals surface area (Å²) in [5.74, 6) is 0.178. The SMILES string of the molecule is CC(N)C(C)C(C)(N)C(C)(S)CC(C)(C)N. The van der Waals surface area contributed by atoms with Crippen molar-refractivity contribution in [1.82, 2.24) is 0 Å². The highest BCUT2D eigenvalue weighted by molar-refractivity contribution is 7.81. The van der Waals surface area contributed by atoms with E-state index in [-0.39, 0.29) is 22.2 Å². The van der Waals surface area contributed by atoms with Crippen molar-refractivity contribution in [1.29, 1.82) is 0 Å². The van der Waals surface area contributed by atoms with Crippen molar-refractivity contribution < 1.29 is 0 Å². The molecule has 4 unspecified atom stereocenters. The summed E-state index contributed by atoms with van der Waals surface area (Å²) in [6, 6.07) is 0.0439. The van der Waals surface area contributed by atoms with Crippen LogP contribution in [-0.4, -0.2) is 21.9 Å². The zero-order valence-electron chi connectivity index (χ0n) is 11.5. The molecule has 0 rings (SSSR count). The van der Waals surface area contributed by atoms with Crippen LogP contribution in [0.2, 0.25) is 0 Å². The van der Waals surface area contributed by atoms with Gasteiger partial charge in [-0.1, -0.05) is 6.92 Å². The molecule has 0 aliphatic heterocycles. The van der Waals surface area contributed by atoms with Gasteiger partial charge < -0.3 is 17.2 Å². The first-order chi connectivity index (χ1) is 6.81. The van der Waals surface area contributed by atoms with E-state index in [4.69, 9.17) is 29.8 Å². The van der Waals surface area contributed by atoms with Crippen molar-refractivity contribution in [2.24, 2.45) is 23.1 Å². The summed E-state index contributed by atoms with van der Waals surface area (Å²) in [5.41, 5.74) is 17.7. The Balaban J connectivity index is 4.98. The van der Waals surface area contributed by atoms with E-state index in [0.717, 1.165) is 6.42 Å². The predicted octanol–water partition coefficient (Wildman–Crippen LogP) is 1.50. The fourth-order valence-corrected chi connectivity index (χ4v) is 2.73. The lowest BCUT2D eigenvalue weighted by molar-refractivity contribution is 0.196. The van der Waals surface area contributed by atoms with E-state index < -0.39 is 5.54 Å². The number of rotatable bonds is 5. The summed E-state index contributed by atoms with van der Waals surface area (Å²) >= 11 is 4.73. The molecule has 4 heteroatoms. The van der Waals surface area contributed by atoms with E-state index in [9.17, 15) is 0 Å². The minimum atomic E-state index is -0.457. The maximum Gasteiger partial charge on any atom is 0.0310 e. The molecule has 0 heterocycles. The summed E-state index contributed by atoms with van der Waals surface area (Å²) in [7, 11) is 0. The molecule has 98 valence electrons. The second kappa shape index (κ2) is 4.84. The van der Waals surface area contributed by atoms with Crippen LogP contribution in [-0.2, 0) is 0 Å². The van der Waals surface area contributed by atoms with Crippen LogP contribution in [0.4, 0.5) is 0 Å². The van der Waals surface area contributed by atoms with Crippen LogP contribution in [0.5, 0.6) is 0 Å². The Bertz CT molecular complexity index is 229. The number of hydrogen-bond acceptors (Lipinski definition) is 4. The van der Waals surface area contributed by atoms with Gasteiger partial charge in [0.05, 0.1) is 0 Å². The van der Waals surface area contributed by atoms with Gasteiger partial charge >= 0.3 is 0 Å². The first-order valence-corrected chi connectivity index (χ1v) is 6.32. The van der Waals surface area contributed by atoms with Crippen molar-refractivity contribution >= 4 is 12.6 Å². The van der Waals surface area contributed by atoms with Crippen molar-refractivity contribution in [3.05, 3.63) is 0 Å². The zero-order valence-corrected chi connectivity index (χ0v) is 12.4. The highest BCUT2D eigenvalue weighted by Gasteiger charge is 2.45. The molecule has 3 nitrogen and oxygen atoms in total. The Labute approximate surface area is 106 Å².